The van der Waals surface area contributed by atoms with Crippen LogP contribution in [0.2, 0.25) is 0 Å². The first-order valence-electron chi connectivity index (χ1n) is 11.4. The van der Waals surface area contributed by atoms with Crippen LogP contribution in [0.4, 0.5) is 0 Å². The van der Waals surface area contributed by atoms with Crippen LogP contribution < -0.4 is 10.3 Å². The maximum absolute atomic E-state index is 12.4. The van der Waals surface area contributed by atoms with Crippen molar-refractivity contribution in [2.45, 2.75) is 33.1 Å². The fourth-order valence-electron chi connectivity index (χ4n) is 3.61. The smallest absolute Gasteiger partial charge is 0.337 e. The molecule has 2 heterocycles. The van der Waals surface area contributed by atoms with Gasteiger partial charge in [-0.05, 0) is 73.0 Å². The summed E-state index contributed by atoms with van der Waals surface area (Å²) in [7, 11) is 1.33. The zero-order valence-corrected chi connectivity index (χ0v) is 20.2. The molecule has 0 spiro atoms. The lowest BCUT2D eigenvalue weighted by Gasteiger charge is -2.13. The molecule has 4 rings (SSSR count). The third-order valence-corrected chi connectivity index (χ3v) is 5.66. The third kappa shape index (κ3) is 5.63. The Morgan fingerprint density at radius 3 is 2.31 bits per heavy atom. The van der Waals surface area contributed by atoms with E-state index in [0.717, 1.165) is 28.2 Å². The molecule has 0 saturated carbocycles. The van der Waals surface area contributed by atoms with E-state index in [0.29, 0.717) is 35.0 Å². The first kappa shape index (κ1) is 23.9. The number of carbonyl (C=O) groups excluding carboxylic acids is 1. The number of nitrogens with zero attached hydrogens (tertiary/aromatic N) is 2. The van der Waals surface area contributed by atoms with E-state index in [4.69, 9.17) is 9.47 Å². The van der Waals surface area contributed by atoms with Gasteiger partial charge in [-0.1, -0.05) is 26.0 Å². The second-order valence-corrected chi connectivity index (χ2v) is 8.61. The van der Waals surface area contributed by atoms with Crippen LogP contribution in [0.5, 0.6) is 11.5 Å². The van der Waals surface area contributed by atoms with Crippen molar-refractivity contribution in [3.05, 3.63) is 105 Å². The number of methoxy groups -OCH3 is 1. The van der Waals surface area contributed by atoms with Crippen molar-refractivity contribution in [1.29, 1.82) is 0 Å². The molecule has 0 aliphatic heterocycles. The van der Waals surface area contributed by atoms with Crippen molar-refractivity contribution in [3.63, 3.8) is 0 Å². The Kier molecular flexibility index (Phi) is 7.06. The minimum Gasteiger partial charge on any atom is -0.465 e. The summed E-state index contributed by atoms with van der Waals surface area (Å²) < 4.78 is 11.0. The van der Waals surface area contributed by atoms with Gasteiger partial charge < -0.3 is 14.5 Å². The molecule has 0 atom stereocenters. The third-order valence-electron chi connectivity index (χ3n) is 5.66. The van der Waals surface area contributed by atoms with Crippen LogP contribution in [0.3, 0.4) is 0 Å². The molecule has 4 aromatic rings. The number of nitrogens with one attached hydrogen (secondary N) is 1. The van der Waals surface area contributed by atoms with Gasteiger partial charge in [0.2, 0.25) is 0 Å². The van der Waals surface area contributed by atoms with Gasteiger partial charge in [-0.2, -0.15) is 10.2 Å². The minimum atomic E-state index is -0.464. The number of hydrogen-bond donors (Lipinski definition) is 1. The summed E-state index contributed by atoms with van der Waals surface area (Å²) in [5.74, 6) is 0.911. The highest BCUT2D eigenvalue weighted by Crippen LogP contribution is 2.30. The van der Waals surface area contributed by atoms with Crippen LogP contribution in [0.15, 0.2) is 71.5 Å². The molecule has 0 bridgehead atoms. The Morgan fingerprint density at radius 1 is 0.943 bits per heavy atom. The van der Waals surface area contributed by atoms with Crippen LogP contribution in [0.1, 0.15) is 52.6 Å². The first-order valence-corrected chi connectivity index (χ1v) is 11.4. The Labute approximate surface area is 203 Å². The molecule has 7 nitrogen and oxygen atoms in total. The van der Waals surface area contributed by atoms with Gasteiger partial charge in [0.1, 0.15) is 11.5 Å². The molecular weight excluding hydrogens is 442 g/mol. The quantitative estimate of drug-likeness (QED) is 0.363. The lowest BCUT2D eigenvalue weighted by Crippen LogP contribution is -2.13. The van der Waals surface area contributed by atoms with Crippen molar-refractivity contribution >= 4 is 5.97 Å². The van der Waals surface area contributed by atoms with Gasteiger partial charge >= 0.3 is 5.97 Å². The molecule has 0 saturated heterocycles. The van der Waals surface area contributed by atoms with Crippen LogP contribution >= 0.6 is 0 Å². The van der Waals surface area contributed by atoms with E-state index in [9.17, 15) is 9.59 Å². The number of H-pyrrole nitrogens is 1. The predicted molar refractivity (Wildman–Crippen MR) is 134 cm³/mol. The molecular formula is C28H27N3O4. The van der Waals surface area contributed by atoms with E-state index < -0.39 is 5.97 Å². The van der Waals surface area contributed by atoms with E-state index in [1.807, 2.05) is 49.4 Å². The summed E-state index contributed by atoms with van der Waals surface area (Å²) in [4.78, 5) is 27.3. The van der Waals surface area contributed by atoms with Gasteiger partial charge in [0, 0.05) is 23.2 Å². The van der Waals surface area contributed by atoms with Gasteiger partial charge in [-0.15, -0.1) is 0 Å². The van der Waals surface area contributed by atoms with Crippen LogP contribution in [0, 0.1) is 6.92 Å². The number of esters is 1. The van der Waals surface area contributed by atoms with Crippen molar-refractivity contribution in [1.82, 2.24) is 15.2 Å². The molecule has 2 aromatic carbocycles. The average molecular weight is 470 g/mol. The number of aromatic amines is 1. The van der Waals surface area contributed by atoms with Gasteiger partial charge in [-0.3, -0.25) is 4.79 Å². The number of aromatic nitrogens is 3. The summed E-state index contributed by atoms with van der Waals surface area (Å²) in [5, 5.41) is 8.61. The lowest BCUT2D eigenvalue weighted by molar-refractivity contribution is 0.0600. The number of benzene rings is 2. The number of pyridine rings is 1. The summed E-state index contributed by atoms with van der Waals surface area (Å²) in [5.41, 5.74) is 5.00. The molecule has 1 N–H and O–H groups in total. The van der Waals surface area contributed by atoms with Crippen molar-refractivity contribution in [2.75, 3.05) is 7.11 Å². The molecule has 7 heteroatoms. The van der Waals surface area contributed by atoms with Gasteiger partial charge in [0.15, 0.2) is 0 Å². The molecule has 0 aliphatic rings. The summed E-state index contributed by atoms with van der Waals surface area (Å²) in [6, 6.07) is 20.1. The highest BCUT2D eigenvalue weighted by molar-refractivity contribution is 5.90. The fraction of sp³-hybridized carbons (Fsp3) is 0.214. The number of carbonyl (C=O) groups is 1. The van der Waals surface area contributed by atoms with E-state index in [-0.39, 0.29) is 5.56 Å². The number of hydrogen-bond acceptors (Lipinski definition) is 6. The number of ether oxygens (including phenoxy) is 2. The summed E-state index contributed by atoms with van der Waals surface area (Å²) in [6.07, 6.45) is 0.349. The lowest BCUT2D eigenvalue weighted by atomic mass is 10.0. The van der Waals surface area contributed by atoms with Crippen LogP contribution in [-0.4, -0.2) is 28.3 Å². The zero-order valence-electron chi connectivity index (χ0n) is 20.2. The second-order valence-electron chi connectivity index (χ2n) is 8.61. The van der Waals surface area contributed by atoms with E-state index in [1.54, 1.807) is 24.3 Å². The molecule has 178 valence electrons. The van der Waals surface area contributed by atoms with Crippen molar-refractivity contribution < 1.29 is 14.3 Å². The molecule has 2 aromatic heterocycles. The second kappa shape index (κ2) is 10.3. The predicted octanol–water partition coefficient (Wildman–Crippen LogP) is 5.43. The van der Waals surface area contributed by atoms with Crippen molar-refractivity contribution in [2.24, 2.45) is 0 Å². The van der Waals surface area contributed by atoms with Crippen LogP contribution in [0.25, 0.3) is 11.3 Å². The highest BCUT2D eigenvalue weighted by atomic mass is 16.5. The Bertz CT molecular complexity index is 1390. The Hall–Kier alpha value is -4.26. The van der Waals surface area contributed by atoms with E-state index >= 15 is 0 Å². The SMILES string of the molecule is COC(=O)c1ccc(Cc2ccc(C)[nH]c2=O)c(Oc2ccc(-c3ccc(C(C)C)nn3)cc2)c1. The summed E-state index contributed by atoms with van der Waals surface area (Å²) in [6.45, 7) is 5.99. The molecule has 35 heavy (non-hydrogen) atoms. The van der Waals surface area contributed by atoms with Crippen LogP contribution in [-0.2, 0) is 11.2 Å². The minimum absolute atomic E-state index is 0.151. The van der Waals surface area contributed by atoms with Gasteiger partial charge in [0.25, 0.3) is 5.56 Å². The molecule has 0 radical (unpaired) electrons. The normalized spacial score (nSPS) is 10.9. The maximum Gasteiger partial charge on any atom is 0.337 e. The topological polar surface area (TPSA) is 94.2 Å². The molecule has 0 amide bonds. The molecule has 0 fully saturated rings. The highest BCUT2D eigenvalue weighted by Gasteiger charge is 2.14. The molecule has 0 aliphatic carbocycles. The summed E-state index contributed by atoms with van der Waals surface area (Å²) >= 11 is 0. The van der Waals surface area contributed by atoms with Gasteiger partial charge in [0.05, 0.1) is 24.1 Å². The van der Waals surface area contributed by atoms with E-state index in [1.165, 1.54) is 7.11 Å². The van der Waals surface area contributed by atoms with E-state index in [2.05, 4.69) is 29.0 Å². The number of aryl methyl sites for hydroxylation is 1. The average Bonchev–Trinajstić information content (AvgIpc) is 2.86. The number of rotatable bonds is 7. The zero-order chi connectivity index (χ0) is 24.9. The largest absolute Gasteiger partial charge is 0.465 e. The monoisotopic (exact) mass is 469 g/mol. The standard InChI is InChI=1S/C28H27N3O4/c1-17(2)24-13-14-25(31-30-24)19-9-11-23(12-10-19)35-26-16-22(28(33)34-4)8-7-20(26)15-21-6-5-18(3)29-27(21)32/h5-14,16-17H,15H2,1-4H3,(H,29,32). The Morgan fingerprint density at radius 2 is 1.69 bits per heavy atom. The maximum atomic E-state index is 12.4. The first-order chi connectivity index (χ1) is 16.8. The van der Waals surface area contributed by atoms with Crippen molar-refractivity contribution in [3.8, 4) is 22.8 Å². The fourth-order valence-corrected chi connectivity index (χ4v) is 3.61. The van der Waals surface area contributed by atoms with Gasteiger partial charge in [-0.25, -0.2) is 4.79 Å². The Balaban J connectivity index is 1.62. The molecule has 0 unspecified atom stereocenters.